The lowest BCUT2D eigenvalue weighted by Crippen LogP contribution is -2.46. The first kappa shape index (κ1) is 16.4. The first-order valence-electron chi connectivity index (χ1n) is 6.22. The Kier molecular flexibility index (Phi) is 5.97. The number of carbonyl (C=O) groups is 1. The summed E-state index contributed by atoms with van der Waals surface area (Å²) in [5.74, 6) is -0.00537. The van der Waals surface area contributed by atoms with E-state index in [9.17, 15) is 4.79 Å². The van der Waals surface area contributed by atoms with Crippen molar-refractivity contribution < 1.29 is 4.79 Å². The van der Waals surface area contributed by atoms with Crippen molar-refractivity contribution >= 4 is 66.3 Å². The van der Waals surface area contributed by atoms with Crippen LogP contribution in [0.15, 0.2) is 14.3 Å². The Labute approximate surface area is 144 Å². The molecule has 1 aliphatic heterocycles. The summed E-state index contributed by atoms with van der Waals surface area (Å²) >= 11 is 13.1. The Morgan fingerprint density at radius 3 is 2.65 bits per heavy atom. The van der Waals surface area contributed by atoms with E-state index in [0.717, 1.165) is 34.2 Å². The van der Waals surface area contributed by atoms with Crippen LogP contribution in [0.2, 0.25) is 0 Å². The van der Waals surface area contributed by atoms with E-state index in [1.807, 2.05) is 6.07 Å². The van der Waals surface area contributed by atoms with E-state index in [1.54, 1.807) is 0 Å². The van der Waals surface area contributed by atoms with Gasteiger partial charge in [-0.15, -0.1) is 11.3 Å². The van der Waals surface area contributed by atoms with E-state index in [1.165, 1.54) is 11.3 Å². The molecule has 110 valence electrons. The van der Waals surface area contributed by atoms with Gasteiger partial charge in [0.1, 0.15) is 0 Å². The summed E-state index contributed by atoms with van der Waals surface area (Å²) < 4.78 is 1.85. The van der Waals surface area contributed by atoms with E-state index in [-0.39, 0.29) is 11.9 Å². The fourth-order valence-electron chi connectivity index (χ4n) is 2.17. The van der Waals surface area contributed by atoms with Crippen LogP contribution in [0, 0.1) is 0 Å². The smallest absolute Gasteiger partial charge is 0.261 e. The maximum Gasteiger partial charge on any atom is 0.261 e. The Balaban J connectivity index is 1.83. The van der Waals surface area contributed by atoms with Crippen LogP contribution in [0.5, 0.6) is 0 Å². The van der Waals surface area contributed by atoms with Crippen LogP contribution in [0.4, 0.5) is 0 Å². The molecule has 1 fully saturated rings. The van der Waals surface area contributed by atoms with Gasteiger partial charge in [0.25, 0.3) is 5.91 Å². The predicted octanol–water partition coefficient (Wildman–Crippen LogP) is 2.75. The highest BCUT2D eigenvalue weighted by atomic mass is 79.9. The van der Waals surface area contributed by atoms with Gasteiger partial charge in [-0.2, -0.15) is 0 Å². The van der Waals surface area contributed by atoms with E-state index in [0.29, 0.717) is 16.4 Å². The van der Waals surface area contributed by atoms with Gasteiger partial charge < -0.3 is 11.1 Å². The van der Waals surface area contributed by atoms with Gasteiger partial charge in [0.2, 0.25) is 0 Å². The Bertz CT molecular complexity index is 493. The van der Waals surface area contributed by atoms with Gasteiger partial charge in [-0.25, -0.2) is 0 Å². The Morgan fingerprint density at radius 1 is 1.50 bits per heavy atom. The highest BCUT2D eigenvalue weighted by Crippen LogP contribution is 2.32. The monoisotopic (exact) mass is 439 g/mol. The van der Waals surface area contributed by atoms with Crippen molar-refractivity contribution in [2.24, 2.45) is 5.73 Å². The van der Waals surface area contributed by atoms with Crippen molar-refractivity contribution in [3.05, 3.63) is 19.2 Å². The van der Waals surface area contributed by atoms with Crippen LogP contribution in [-0.2, 0) is 0 Å². The van der Waals surface area contributed by atoms with Crippen molar-refractivity contribution in [3.8, 4) is 0 Å². The number of hydrogen-bond acceptors (Lipinski definition) is 4. The fourth-order valence-corrected chi connectivity index (χ4v) is 4.29. The molecule has 1 aromatic heterocycles. The molecule has 0 radical (unpaired) electrons. The number of nitrogens with one attached hydrogen (secondary N) is 1. The molecule has 0 saturated carbocycles. The maximum atomic E-state index is 12.1. The number of thiophene rings is 1. The minimum atomic E-state index is -0.00537. The second-order valence-corrected chi connectivity index (χ2v) is 8.47. The molecule has 0 bridgehead atoms. The average Bonchev–Trinajstić information content (AvgIpc) is 2.71. The summed E-state index contributed by atoms with van der Waals surface area (Å²) in [5.41, 5.74) is 5.54. The third kappa shape index (κ3) is 4.49. The second-order valence-electron chi connectivity index (χ2n) is 4.72. The summed E-state index contributed by atoms with van der Waals surface area (Å²) in [7, 11) is 0. The first-order chi connectivity index (χ1) is 9.45. The molecule has 1 aliphatic rings. The van der Waals surface area contributed by atoms with E-state index in [2.05, 4.69) is 42.1 Å². The second kappa shape index (κ2) is 7.31. The van der Waals surface area contributed by atoms with Crippen LogP contribution in [0.1, 0.15) is 22.5 Å². The van der Waals surface area contributed by atoms with Crippen LogP contribution in [0.25, 0.3) is 0 Å². The Morgan fingerprint density at radius 2 is 2.15 bits per heavy atom. The predicted molar refractivity (Wildman–Crippen MR) is 93.4 cm³/mol. The van der Waals surface area contributed by atoms with Gasteiger partial charge in [0.15, 0.2) is 0 Å². The van der Waals surface area contributed by atoms with Crippen molar-refractivity contribution in [2.45, 2.75) is 18.9 Å². The van der Waals surface area contributed by atoms with Crippen molar-refractivity contribution in [1.82, 2.24) is 10.2 Å². The number of halogens is 2. The number of likely N-dealkylation sites (tertiary alicyclic amines) is 1. The summed E-state index contributed by atoms with van der Waals surface area (Å²) in [6, 6.07) is 2.07. The quantitative estimate of drug-likeness (QED) is 0.706. The molecule has 20 heavy (non-hydrogen) atoms. The van der Waals surface area contributed by atoms with Crippen LogP contribution in [-0.4, -0.2) is 41.5 Å². The zero-order chi connectivity index (χ0) is 14.7. The molecule has 1 saturated heterocycles. The van der Waals surface area contributed by atoms with E-state index >= 15 is 0 Å². The van der Waals surface area contributed by atoms with Crippen LogP contribution < -0.4 is 11.1 Å². The lowest BCUT2D eigenvalue weighted by Gasteiger charge is -2.31. The number of nitrogens with two attached hydrogens (primary N) is 1. The molecule has 4 nitrogen and oxygen atoms in total. The van der Waals surface area contributed by atoms with Crippen molar-refractivity contribution in [2.75, 3.05) is 19.6 Å². The number of hydrogen-bond donors (Lipinski definition) is 2. The maximum absolute atomic E-state index is 12.1. The van der Waals surface area contributed by atoms with E-state index < -0.39 is 0 Å². The molecule has 0 unspecified atom stereocenters. The molecule has 0 spiro atoms. The minimum absolute atomic E-state index is 0.00537. The van der Waals surface area contributed by atoms with Gasteiger partial charge in [-0.1, -0.05) is 12.2 Å². The van der Waals surface area contributed by atoms with Crippen molar-refractivity contribution in [3.63, 3.8) is 0 Å². The summed E-state index contributed by atoms with van der Waals surface area (Å²) in [6.45, 7) is 2.50. The average molecular weight is 441 g/mol. The Hall–Kier alpha value is -0.0200. The molecule has 0 aliphatic carbocycles. The van der Waals surface area contributed by atoms with Crippen molar-refractivity contribution in [1.29, 1.82) is 0 Å². The van der Waals surface area contributed by atoms with Crippen LogP contribution >= 0.6 is 55.4 Å². The third-order valence-electron chi connectivity index (χ3n) is 3.17. The van der Waals surface area contributed by atoms with E-state index in [4.69, 9.17) is 18.0 Å². The van der Waals surface area contributed by atoms with Gasteiger partial charge in [0.05, 0.1) is 13.7 Å². The standard InChI is InChI=1S/C12H15Br2N3OS2/c13-8-5-9(20-11(8)14)12(18)16-7-1-3-17(4-2-7)6-10(15)19/h5,7H,1-4,6H2,(H2,15,19)(H,16,18). The summed E-state index contributed by atoms with van der Waals surface area (Å²) in [6.07, 6.45) is 1.87. The molecule has 1 amide bonds. The number of amides is 1. The fraction of sp³-hybridized carbons (Fsp3) is 0.500. The minimum Gasteiger partial charge on any atom is -0.392 e. The number of piperidine rings is 1. The number of nitrogens with zero attached hydrogens (tertiary/aromatic N) is 1. The molecular weight excluding hydrogens is 426 g/mol. The largest absolute Gasteiger partial charge is 0.392 e. The lowest BCUT2D eigenvalue weighted by atomic mass is 10.1. The van der Waals surface area contributed by atoms with Gasteiger partial charge in [-0.05, 0) is 50.8 Å². The summed E-state index contributed by atoms with van der Waals surface area (Å²) in [5, 5.41) is 3.09. The highest BCUT2D eigenvalue weighted by Gasteiger charge is 2.22. The molecule has 0 atom stereocenters. The molecule has 3 N–H and O–H groups in total. The van der Waals surface area contributed by atoms with Gasteiger partial charge in [0, 0.05) is 30.1 Å². The normalized spacial score (nSPS) is 17.1. The number of rotatable bonds is 4. The zero-order valence-electron chi connectivity index (χ0n) is 10.7. The molecule has 8 heteroatoms. The topological polar surface area (TPSA) is 58.4 Å². The number of carbonyl (C=O) groups excluding carboxylic acids is 1. The number of thiocarbonyl (C=S) groups is 1. The molecular formula is C12H15Br2N3OS2. The zero-order valence-corrected chi connectivity index (χ0v) is 15.5. The molecule has 2 rings (SSSR count). The highest BCUT2D eigenvalue weighted by molar-refractivity contribution is 9.13. The van der Waals surface area contributed by atoms with Gasteiger partial charge in [-0.3, -0.25) is 9.69 Å². The van der Waals surface area contributed by atoms with Crippen LogP contribution in [0.3, 0.4) is 0 Å². The van der Waals surface area contributed by atoms with Gasteiger partial charge >= 0.3 is 0 Å². The molecule has 2 heterocycles. The first-order valence-corrected chi connectivity index (χ1v) is 9.03. The third-order valence-corrected chi connectivity index (χ3v) is 6.56. The lowest BCUT2D eigenvalue weighted by molar-refractivity contribution is 0.0919. The molecule has 1 aromatic rings. The SMILES string of the molecule is NC(=S)CN1CCC(NC(=O)c2cc(Br)c(Br)s2)CC1. The summed E-state index contributed by atoms with van der Waals surface area (Å²) in [4.78, 5) is 15.6. The molecule has 0 aromatic carbocycles.